The van der Waals surface area contributed by atoms with Gasteiger partial charge in [-0.25, -0.2) is 4.79 Å². The molecule has 3 heteroatoms. The fourth-order valence-electron chi connectivity index (χ4n) is 2.27. The summed E-state index contributed by atoms with van der Waals surface area (Å²) in [6.45, 7) is 0. The topological polar surface area (TPSA) is 40.5 Å². The summed E-state index contributed by atoms with van der Waals surface area (Å²) in [5.41, 5.74) is 2.45. The zero-order chi connectivity index (χ0) is 13.8. The molecule has 0 saturated heterocycles. The molecule has 0 saturated carbocycles. The van der Waals surface area contributed by atoms with Crippen LogP contribution in [-0.2, 0) is 0 Å². The first-order valence-electron chi connectivity index (χ1n) is 6.14. The van der Waals surface area contributed by atoms with E-state index in [4.69, 9.17) is 5.11 Å². The smallest absolute Gasteiger partial charge is 0.335 e. The molecule has 0 bridgehead atoms. The number of carbonyl (C=O) groups is 1. The van der Waals surface area contributed by atoms with E-state index in [-0.39, 0.29) is 6.04 Å². The zero-order valence-electron chi connectivity index (χ0n) is 11.1. The molecule has 0 aliphatic heterocycles. The molecule has 3 nitrogen and oxygen atoms in total. The van der Waals surface area contributed by atoms with E-state index < -0.39 is 5.97 Å². The fourth-order valence-corrected chi connectivity index (χ4v) is 2.27. The Bertz CT molecular complexity index is 564. The summed E-state index contributed by atoms with van der Waals surface area (Å²) in [7, 11) is 3.98. The average Bonchev–Trinajstić information content (AvgIpc) is 2.40. The molecule has 98 valence electrons. The molecule has 1 unspecified atom stereocenters. The monoisotopic (exact) mass is 255 g/mol. The van der Waals surface area contributed by atoms with E-state index in [1.807, 2.05) is 38.4 Å². The van der Waals surface area contributed by atoms with E-state index in [1.165, 1.54) is 0 Å². The minimum atomic E-state index is -0.896. The summed E-state index contributed by atoms with van der Waals surface area (Å²) >= 11 is 0. The summed E-state index contributed by atoms with van der Waals surface area (Å²) in [6.07, 6.45) is 0. The predicted octanol–water partition coefficient (Wildman–Crippen LogP) is 3.04. The first-order chi connectivity index (χ1) is 9.09. The molecule has 2 aromatic carbocycles. The molecule has 0 fully saturated rings. The number of rotatable bonds is 4. The Morgan fingerprint density at radius 2 is 1.63 bits per heavy atom. The van der Waals surface area contributed by atoms with Crippen LogP contribution in [0.15, 0.2) is 54.6 Å². The SMILES string of the molecule is CN(C)C(c1ccccc1)c1cccc(C(=O)O)c1. The minimum Gasteiger partial charge on any atom is -0.478 e. The van der Waals surface area contributed by atoms with E-state index in [0.29, 0.717) is 5.56 Å². The third-order valence-corrected chi connectivity index (χ3v) is 3.08. The molecular formula is C16H17NO2. The number of hydrogen-bond acceptors (Lipinski definition) is 2. The molecule has 1 atom stereocenters. The van der Waals surface area contributed by atoms with Gasteiger partial charge in [-0.2, -0.15) is 0 Å². The predicted molar refractivity (Wildman–Crippen MR) is 75.4 cm³/mol. The lowest BCUT2D eigenvalue weighted by Crippen LogP contribution is -2.21. The van der Waals surface area contributed by atoms with Crippen molar-refractivity contribution >= 4 is 5.97 Å². The van der Waals surface area contributed by atoms with Gasteiger partial charge >= 0.3 is 5.97 Å². The van der Waals surface area contributed by atoms with Crippen LogP contribution in [0.1, 0.15) is 27.5 Å². The van der Waals surface area contributed by atoms with Gasteiger partial charge in [-0.1, -0.05) is 42.5 Å². The quantitative estimate of drug-likeness (QED) is 0.913. The van der Waals surface area contributed by atoms with Gasteiger partial charge < -0.3 is 5.11 Å². The normalized spacial score (nSPS) is 12.4. The van der Waals surface area contributed by atoms with Crippen molar-refractivity contribution in [1.29, 1.82) is 0 Å². The van der Waals surface area contributed by atoms with E-state index >= 15 is 0 Å². The molecule has 1 N–H and O–H groups in total. The largest absolute Gasteiger partial charge is 0.478 e. The summed E-state index contributed by atoms with van der Waals surface area (Å²) in [4.78, 5) is 13.1. The molecule has 0 heterocycles. The number of carboxylic acid groups (broad SMARTS) is 1. The Balaban J connectivity index is 2.46. The summed E-state index contributed by atoms with van der Waals surface area (Å²) in [5.74, 6) is -0.896. The van der Waals surface area contributed by atoms with Gasteiger partial charge in [0.1, 0.15) is 0 Å². The third-order valence-electron chi connectivity index (χ3n) is 3.08. The van der Waals surface area contributed by atoms with Gasteiger partial charge in [-0.3, -0.25) is 4.90 Å². The third kappa shape index (κ3) is 3.01. The van der Waals surface area contributed by atoms with Crippen molar-refractivity contribution in [3.63, 3.8) is 0 Å². The highest BCUT2D eigenvalue weighted by atomic mass is 16.4. The Morgan fingerprint density at radius 1 is 1.00 bits per heavy atom. The number of carboxylic acids is 1. The van der Waals surface area contributed by atoms with Gasteiger partial charge in [-0.05, 0) is 37.4 Å². The standard InChI is InChI=1S/C16H17NO2/c1-17(2)15(12-7-4-3-5-8-12)13-9-6-10-14(11-13)16(18)19/h3-11,15H,1-2H3,(H,18,19). The maximum absolute atomic E-state index is 11.1. The molecule has 19 heavy (non-hydrogen) atoms. The van der Waals surface area contributed by atoms with Gasteiger partial charge in [-0.15, -0.1) is 0 Å². The zero-order valence-corrected chi connectivity index (χ0v) is 11.1. The summed E-state index contributed by atoms with van der Waals surface area (Å²) < 4.78 is 0. The number of benzene rings is 2. The van der Waals surface area contributed by atoms with Gasteiger partial charge in [0.15, 0.2) is 0 Å². The Hall–Kier alpha value is -2.13. The van der Waals surface area contributed by atoms with E-state index in [2.05, 4.69) is 17.0 Å². The first kappa shape index (κ1) is 13.3. The van der Waals surface area contributed by atoms with E-state index in [9.17, 15) is 4.79 Å². The molecule has 0 amide bonds. The second kappa shape index (κ2) is 5.67. The maximum atomic E-state index is 11.1. The van der Waals surface area contributed by atoms with E-state index in [1.54, 1.807) is 18.2 Å². The second-order valence-corrected chi connectivity index (χ2v) is 4.71. The lowest BCUT2D eigenvalue weighted by Gasteiger charge is -2.25. The number of aromatic carboxylic acids is 1. The average molecular weight is 255 g/mol. The van der Waals surface area contributed by atoms with Crippen molar-refractivity contribution in [2.45, 2.75) is 6.04 Å². The second-order valence-electron chi connectivity index (χ2n) is 4.71. The van der Waals surface area contributed by atoms with Crippen LogP contribution in [0, 0.1) is 0 Å². The highest BCUT2D eigenvalue weighted by Gasteiger charge is 2.17. The number of nitrogens with zero attached hydrogens (tertiary/aromatic N) is 1. The summed E-state index contributed by atoms with van der Waals surface area (Å²) in [6, 6.07) is 17.2. The van der Waals surface area contributed by atoms with Crippen LogP contribution in [0.4, 0.5) is 0 Å². The highest BCUT2D eigenvalue weighted by Crippen LogP contribution is 2.26. The van der Waals surface area contributed by atoms with Crippen LogP contribution in [0.3, 0.4) is 0 Å². The molecule has 0 spiro atoms. The van der Waals surface area contributed by atoms with Crippen molar-refractivity contribution in [1.82, 2.24) is 4.90 Å². The van der Waals surface area contributed by atoms with Crippen LogP contribution in [-0.4, -0.2) is 30.1 Å². The highest BCUT2D eigenvalue weighted by molar-refractivity contribution is 5.87. The van der Waals surface area contributed by atoms with Gasteiger partial charge in [0.25, 0.3) is 0 Å². The molecule has 2 aromatic rings. The van der Waals surface area contributed by atoms with Crippen molar-refractivity contribution in [3.8, 4) is 0 Å². The first-order valence-corrected chi connectivity index (χ1v) is 6.14. The molecule has 2 rings (SSSR count). The van der Waals surface area contributed by atoms with Crippen LogP contribution in [0.2, 0.25) is 0 Å². The van der Waals surface area contributed by atoms with Gasteiger partial charge in [0.2, 0.25) is 0 Å². The Labute approximate surface area is 113 Å². The molecule has 0 aliphatic rings. The van der Waals surface area contributed by atoms with Crippen LogP contribution in [0.25, 0.3) is 0 Å². The number of hydrogen-bond donors (Lipinski definition) is 1. The maximum Gasteiger partial charge on any atom is 0.335 e. The Morgan fingerprint density at radius 3 is 2.21 bits per heavy atom. The van der Waals surface area contributed by atoms with E-state index in [0.717, 1.165) is 11.1 Å². The fraction of sp³-hybridized carbons (Fsp3) is 0.188. The van der Waals surface area contributed by atoms with Gasteiger partial charge in [0.05, 0.1) is 11.6 Å². The van der Waals surface area contributed by atoms with Crippen molar-refractivity contribution < 1.29 is 9.90 Å². The lowest BCUT2D eigenvalue weighted by atomic mass is 9.96. The van der Waals surface area contributed by atoms with Crippen LogP contribution in [0.5, 0.6) is 0 Å². The lowest BCUT2D eigenvalue weighted by molar-refractivity contribution is 0.0696. The van der Waals surface area contributed by atoms with Crippen molar-refractivity contribution in [2.24, 2.45) is 0 Å². The van der Waals surface area contributed by atoms with Crippen molar-refractivity contribution in [3.05, 3.63) is 71.3 Å². The molecule has 0 aromatic heterocycles. The summed E-state index contributed by atoms with van der Waals surface area (Å²) in [5, 5.41) is 9.09. The molecular weight excluding hydrogens is 238 g/mol. The minimum absolute atomic E-state index is 0.0560. The molecule has 0 aliphatic carbocycles. The van der Waals surface area contributed by atoms with Crippen LogP contribution < -0.4 is 0 Å². The molecule has 0 radical (unpaired) electrons. The Kier molecular flexibility index (Phi) is 3.97. The van der Waals surface area contributed by atoms with Crippen molar-refractivity contribution in [2.75, 3.05) is 14.1 Å². The van der Waals surface area contributed by atoms with Gasteiger partial charge in [0, 0.05) is 0 Å². The van der Waals surface area contributed by atoms with Crippen LogP contribution >= 0.6 is 0 Å².